The highest BCUT2D eigenvalue weighted by Gasteiger charge is 2.26. The molecule has 126 valence electrons. The standard InChI is InChI=1S/C16H8ClF2N3O3/c17-8-1-2-11-14(25-6-24-11)12(8)16(23)22-15-13-9(19)3-7(18)4-10(13)20-5-21-15/h1-5H,6H2,(H,20,21,22,23). The van der Waals surface area contributed by atoms with Crippen LogP contribution in [0.5, 0.6) is 11.5 Å². The van der Waals surface area contributed by atoms with Crippen molar-refractivity contribution in [1.29, 1.82) is 0 Å². The Bertz CT molecular complexity index is 1030. The second-order valence-corrected chi connectivity index (χ2v) is 5.52. The highest BCUT2D eigenvalue weighted by molar-refractivity contribution is 6.35. The Hall–Kier alpha value is -3.00. The van der Waals surface area contributed by atoms with E-state index in [0.29, 0.717) is 11.8 Å². The molecule has 0 fully saturated rings. The fourth-order valence-electron chi connectivity index (χ4n) is 2.53. The van der Waals surface area contributed by atoms with E-state index < -0.39 is 17.5 Å². The number of fused-ring (bicyclic) bond motifs is 2. The molecule has 4 rings (SSSR count). The molecule has 1 aliphatic heterocycles. The normalized spacial score (nSPS) is 12.4. The lowest BCUT2D eigenvalue weighted by molar-refractivity contribution is 0.102. The summed E-state index contributed by atoms with van der Waals surface area (Å²) in [4.78, 5) is 20.3. The molecular weight excluding hydrogens is 356 g/mol. The molecule has 6 nitrogen and oxygen atoms in total. The van der Waals surface area contributed by atoms with Gasteiger partial charge in [0.05, 0.1) is 15.9 Å². The number of benzene rings is 2. The van der Waals surface area contributed by atoms with Crippen LogP contribution in [0.15, 0.2) is 30.6 Å². The van der Waals surface area contributed by atoms with E-state index in [2.05, 4.69) is 15.3 Å². The van der Waals surface area contributed by atoms with E-state index in [1.54, 1.807) is 6.07 Å². The van der Waals surface area contributed by atoms with Crippen LogP contribution in [0.25, 0.3) is 10.9 Å². The largest absolute Gasteiger partial charge is 0.454 e. The predicted octanol–water partition coefficient (Wildman–Crippen LogP) is 3.54. The fraction of sp³-hybridized carbons (Fsp3) is 0.0625. The van der Waals surface area contributed by atoms with Crippen LogP contribution in [0.1, 0.15) is 10.4 Å². The highest BCUT2D eigenvalue weighted by atomic mass is 35.5. The number of rotatable bonds is 2. The Labute approximate surface area is 144 Å². The van der Waals surface area contributed by atoms with Crippen LogP contribution in [0.3, 0.4) is 0 Å². The number of anilines is 1. The van der Waals surface area contributed by atoms with Crippen molar-refractivity contribution < 1.29 is 23.0 Å². The van der Waals surface area contributed by atoms with Crippen LogP contribution in [0.2, 0.25) is 5.02 Å². The van der Waals surface area contributed by atoms with E-state index in [0.717, 1.165) is 12.4 Å². The zero-order chi connectivity index (χ0) is 17.6. The maximum absolute atomic E-state index is 14.1. The van der Waals surface area contributed by atoms with Crippen LogP contribution in [0, 0.1) is 11.6 Å². The first-order valence-electron chi connectivity index (χ1n) is 7.04. The van der Waals surface area contributed by atoms with Crippen molar-refractivity contribution >= 4 is 34.2 Å². The summed E-state index contributed by atoms with van der Waals surface area (Å²) in [5.74, 6) is -1.90. The molecule has 0 atom stereocenters. The fourth-order valence-corrected chi connectivity index (χ4v) is 2.77. The van der Waals surface area contributed by atoms with E-state index >= 15 is 0 Å². The first kappa shape index (κ1) is 15.5. The van der Waals surface area contributed by atoms with Crippen LogP contribution in [0.4, 0.5) is 14.6 Å². The van der Waals surface area contributed by atoms with Crippen molar-refractivity contribution in [1.82, 2.24) is 9.97 Å². The first-order valence-corrected chi connectivity index (χ1v) is 7.41. The summed E-state index contributed by atoms with van der Waals surface area (Å²) < 4.78 is 37.9. The average Bonchev–Trinajstić information content (AvgIpc) is 3.02. The predicted molar refractivity (Wildman–Crippen MR) is 85.0 cm³/mol. The van der Waals surface area contributed by atoms with E-state index in [1.807, 2.05) is 0 Å². The number of aromatic nitrogens is 2. The lowest BCUT2D eigenvalue weighted by atomic mass is 10.1. The van der Waals surface area contributed by atoms with Gasteiger partial charge in [0.1, 0.15) is 29.3 Å². The van der Waals surface area contributed by atoms with Gasteiger partial charge in [-0.3, -0.25) is 4.79 Å². The summed E-state index contributed by atoms with van der Waals surface area (Å²) in [5, 5.41) is 2.48. The Morgan fingerprint density at radius 2 is 2.04 bits per heavy atom. The summed E-state index contributed by atoms with van der Waals surface area (Å²) in [6.07, 6.45) is 1.09. The minimum Gasteiger partial charge on any atom is -0.454 e. The molecule has 1 N–H and O–H groups in total. The minimum absolute atomic E-state index is 0.0202. The van der Waals surface area contributed by atoms with Crippen molar-refractivity contribution in [2.75, 3.05) is 12.1 Å². The first-order chi connectivity index (χ1) is 12.0. The number of nitrogens with zero attached hydrogens (tertiary/aromatic N) is 2. The lowest BCUT2D eigenvalue weighted by Crippen LogP contribution is -2.15. The molecule has 1 aromatic heterocycles. The van der Waals surface area contributed by atoms with Crippen molar-refractivity contribution in [2.45, 2.75) is 0 Å². The number of amides is 1. The number of nitrogens with one attached hydrogen (secondary N) is 1. The number of halogens is 3. The molecule has 9 heteroatoms. The third-order valence-corrected chi connectivity index (χ3v) is 3.92. The number of carbonyl (C=O) groups is 1. The Balaban J connectivity index is 1.78. The van der Waals surface area contributed by atoms with Crippen molar-refractivity contribution in [3.63, 3.8) is 0 Å². The molecule has 0 saturated heterocycles. The molecule has 0 saturated carbocycles. The number of carbonyl (C=O) groups excluding carboxylic acids is 1. The molecule has 0 spiro atoms. The lowest BCUT2D eigenvalue weighted by Gasteiger charge is -2.10. The van der Waals surface area contributed by atoms with Gasteiger partial charge in [-0.2, -0.15) is 0 Å². The average molecular weight is 364 g/mol. The molecule has 3 aromatic rings. The molecule has 0 unspecified atom stereocenters. The molecular formula is C16H8ClF2N3O3. The van der Waals surface area contributed by atoms with Gasteiger partial charge in [-0.25, -0.2) is 18.7 Å². The quantitative estimate of drug-likeness (QED) is 0.754. The SMILES string of the molecule is O=C(Nc1ncnc2cc(F)cc(F)c12)c1c(Cl)ccc2c1OCO2. The second kappa shape index (κ2) is 5.82. The Kier molecular flexibility index (Phi) is 3.61. The monoisotopic (exact) mass is 363 g/mol. The van der Waals surface area contributed by atoms with E-state index in [4.69, 9.17) is 21.1 Å². The topological polar surface area (TPSA) is 73.3 Å². The molecule has 1 amide bonds. The van der Waals surface area contributed by atoms with Gasteiger partial charge in [0, 0.05) is 12.1 Å². The van der Waals surface area contributed by atoms with Crippen molar-refractivity contribution in [3.8, 4) is 11.5 Å². The Morgan fingerprint density at radius 1 is 1.20 bits per heavy atom. The molecule has 25 heavy (non-hydrogen) atoms. The summed E-state index contributed by atoms with van der Waals surface area (Å²) in [6.45, 7) is -0.0414. The summed E-state index contributed by atoms with van der Waals surface area (Å²) in [7, 11) is 0. The molecule has 2 heterocycles. The number of hydrogen-bond acceptors (Lipinski definition) is 5. The number of ether oxygens (including phenoxy) is 2. The van der Waals surface area contributed by atoms with Crippen LogP contribution < -0.4 is 14.8 Å². The van der Waals surface area contributed by atoms with Gasteiger partial charge in [0.25, 0.3) is 5.91 Å². The summed E-state index contributed by atoms with van der Waals surface area (Å²) in [6, 6.07) is 4.79. The van der Waals surface area contributed by atoms with Gasteiger partial charge >= 0.3 is 0 Å². The molecule has 0 bridgehead atoms. The van der Waals surface area contributed by atoms with Crippen molar-refractivity contribution in [3.05, 3.63) is 52.8 Å². The van der Waals surface area contributed by atoms with Gasteiger partial charge in [0.15, 0.2) is 11.5 Å². The highest BCUT2D eigenvalue weighted by Crippen LogP contribution is 2.39. The third-order valence-electron chi connectivity index (χ3n) is 3.60. The maximum Gasteiger partial charge on any atom is 0.262 e. The van der Waals surface area contributed by atoms with Crippen molar-refractivity contribution in [2.24, 2.45) is 0 Å². The molecule has 0 radical (unpaired) electrons. The maximum atomic E-state index is 14.1. The van der Waals surface area contributed by atoms with Gasteiger partial charge in [-0.05, 0) is 12.1 Å². The summed E-state index contributed by atoms with van der Waals surface area (Å²) in [5.41, 5.74) is 0.0534. The minimum atomic E-state index is -0.894. The number of hydrogen-bond donors (Lipinski definition) is 1. The van der Waals surface area contributed by atoms with E-state index in [1.165, 1.54) is 6.07 Å². The smallest absolute Gasteiger partial charge is 0.262 e. The van der Waals surface area contributed by atoms with E-state index in [-0.39, 0.29) is 39.8 Å². The van der Waals surface area contributed by atoms with E-state index in [9.17, 15) is 13.6 Å². The second-order valence-electron chi connectivity index (χ2n) is 5.11. The van der Waals surface area contributed by atoms with Gasteiger partial charge < -0.3 is 14.8 Å². The Morgan fingerprint density at radius 3 is 2.88 bits per heavy atom. The van der Waals surface area contributed by atoms with Gasteiger partial charge in [0.2, 0.25) is 6.79 Å². The molecule has 1 aliphatic rings. The third kappa shape index (κ3) is 2.60. The van der Waals surface area contributed by atoms with Crippen LogP contribution >= 0.6 is 11.6 Å². The van der Waals surface area contributed by atoms with Crippen LogP contribution in [-0.4, -0.2) is 22.7 Å². The summed E-state index contributed by atoms with van der Waals surface area (Å²) >= 11 is 6.09. The van der Waals surface area contributed by atoms with Gasteiger partial charge in [-0.1, -0.05) is 11.6 Å². The van der Waals surface area contributed by atoms with Crippen LogP contribution in [-0.2, 0) is 0 Å². The zero-order valence-electron chi connectivity index (χ0n) is 12.3. The molecule has 0 aliphatic carbocycles. The zero-order valence-corrected chi connectivity index (χ0v) is 13.1. The van der Waals surface area contributed by atoms with Gasteiger partial charge in [-0.15, -0.1) is 0 Å². The molecule has 2 aromatic carbocycles.